The lowest BCUT2D eigenvalue weighted by molar-refractivity contribution is -0.151. The smallest absolute Gasteiger partial charge is 0.248 e. The predicted octanol–water partition coefficient (Wildman–Crippen LogP) is 3.51. The third-order valence-electron chi connectivity index (χ3n) is 18.2. The zero-order valence-corrected chi connectivity index (χ0v) is 60.6. The number of likely N-dealkylation sites (N-methyl/N-ethyl adjacent to an activating group) is 7. The molecule has 0 bridgehead atoms. The third-order valence-corrected chi connectivity index (χ3v) is 18.4. The number of hydrogen-bond acceptors (Lipinski definition) is 13. The first kappa shape index (κ1) is 80.8. The molecule has 5 N–H and O–H groups in total. The summed E-state index contributed by atoms with van der Waals surface area (Å²) in [6.07, 6.45) is 0.247. The van der Waals surface area contributed by atoms with Crippen LogP contribution in [0.15, 0.2) is 54.6 Å². The van der Waals surface area contributed by atoms with E-state index in [4.69, 9.17) is 11.6 Å². The maximum Gasteiger partial charge on any atom is 0.248 e. The van der Waals surface area contributed by atoms with Crippen LogP contribution in [0.5, 0.6) is 0 Å². The first-order valence-electron chi connectivity index (χ1n) is 33.7. The van der Waals surface area contributed by atoms with Gasteiger partial charge in [-0.05, 0) is 113 Å². The van der Waals surface area contributed by atoms with Crippen LogP contribution in [-0.2, 0) is 70.4 Å². The Morgan fingerprint density at radius 3 is 1.48 bits per heavy atom. The van der Waals surface area contributed by atoms with Gasteiger partial charge in [0.15, 0.2) is 0 Å². The van der Waals surface area contributed by atoms with E-state index in [9.17, 15) is 48.3 Å². The van der Waals surface area contributed by atoms with Gasteiger partial charge in [0.2, 0.25) is 70.9 Å². The van der Waals surface area contributed by atoms with Crippen molar-refractivity contribution in [2.75, 3.05) is 69.0 Å². The highest BCUT2D eigenvalue weighted by atomic mass is 35.5. The van der Waals surface area contributed by atoms with Crippen molar-refractivity contribution in [3.8, 4) is 0 Å². The van der Waals surface area contributed by atoms with Crippen LogP contribution < -0.4 is 21.3 Å². The second kappa shape index (κ2) is 37.2. The van der Waals surface area contributed by atoms with Gasteiger partial charge in [-0.25, -0.2) is 0 Å². The Labute approximate surface area is 573 Å². The molecule has 4 rings (SSSR count). The average molecular weight is 1360 g/mol. The maximum atomic E-state index is 15.3. The summed E-state index contributed by atoms with van der Waals surface area (Å²) in [5.74, 6) is -9.52. The number of piperidine rings is 1. The molecule has 2 aromatic rings. The van der Waals surface area contributed by atoms with E-state index in [-0.39, 0.29) is 62.2 Å². The van der Waals surface area contributed by atoms with Crippen molar-refractivity contribution in [3.63, 3.8) is 0 Å². The molecule has 2 aromatic carbocycles. The van der Waals surface area contributed by atoms with Crippen molar-refractivity contribution in [1.29, 1.82) is 0 Å². The number of aliphatic hydroxyl groups excluding tert-OH is 1. The fourth-order valence-corrected chi connectivity index (χ4v) is 12.2. The van der Waals surface area contributed by atoms with E-state index < -0.39 is 150 Å². The molecule has 0 saturated carbocycles. The number of aliphatic hydroxyl groups is 1. The normalized spacial score (nSPS) is 25.6. The SMILES string of the molecule is CC(C)C[C@@H]1NC(=O)[C@H](C)N(C)C(=O)C[C@@H](C(=O)N2CCCCC2)NC(=O)[C@H](CC(C)C)N(C)C(=O)CN(C)C(=O)[C@H]([C@@H](C)O)NC(=O)[C@H](CC(C)C)N(C)C(=O)[C@H](Cc2ccc(Cl)cc2)N(C)C(=O)[C@H](C)NC(=O)[C@H](Cc2ccccc2)N(C)C(=O)[C@H](CC(C)C)N(C)C1=O. The average Bonchev–Trinajstić information content (AvgIpc) is 0.857. The number of benzene rings is 2. The van der Waals surface area contributed by atoms with Gasteiger partial charge in [0, 0.05) is 80.3 Å². The summed E-state index contributed by atoms with van der Waals surface area (Å²) < 4.78 is 0. The van der Waals surface area contributed by atoms with Crippen molar-refractivity contribution < 1.29 is 62.6 Å². The van der Waals surface area contributed by atoms with Gasteiger partial charge in [-0.2, -0.15) is 0 Å². The summed E-state index contributed by atoms with van der Waals surface area (Å²) in [5, 5.41) is 22.7. The maximum absolute atomic E-state index is 15.3. The fourth-order valence-electron chi connectivity index (χ4n) is 12.1. The highest BCUT2D eigenvalue weighted by Gasteiger charge is 2.43. The molecule has 96 heavy (non-hydrogen) atoms. The van der Waals surface area contributed by atoms with Crippen LogP contribution in [-0.4, -0.2) is 251 Å². The summed E-state index contributed by atoms with van der Waals surface area (Å²) in [4.78, 5) is 187. The minimum absolute atomic E-state index is 0.0333. The van der Waals surface area contributed by atoms with E-state index >= 15 is 14.4 Å². The predicted molar refractivity (Wildman–Crippen MR) is 366 cm³/mol. The van der Waals surface area contributed by atoms with E-state index in [0.29, 0.717) is 42.1 Å². The molecular weight excluding hydrogens is 1250 g/mol. The molecule has 0 aliphatic carbocycles. The molecule has 0 radical (unpaired) electrons. The summed E-state index contributed by atoms with van der Waals surface area (Å²) in [6.45, 7) is 18.9. The number of amides is 12. The molecule has 25 nitrogen and oxygen atoms in total. The summed E-state index contributed by atoms with van der Waals surface area (Å²) >= 11 is 6.29. The topological polar surface area (TPSA) is 299 Å². The van der Waals surface area contributed by atoms with Crippen LogP contribution >= 0.6 is 11.6 Å². The zero-order valence-electron chi connectivity index (χ0n) is 59.9. The van der Waals surface area contributed by atoms with Gasteiger partial charge in [-0.3, -0.25) is 57.5 Å². The van der Waals surface area contributed by atoms with Crippen LogP contribution in [0.3, 0.4) is 0 Å². The van der Waals surface area contributed by atoms with Crippen molar-refractivity contribution in [2.24, 2.45) is 23.7 Å². The number of likely N-dealkylation sites (tertiary alicyclic amines) is 1. The molecule has 2 fully saturated rings. The lowest BCUT2D eigenvalue weighted by Crippen LogP contribution is -2.62. The van der Waals surface area contributed by atoms with Crippen molar-refractivity contribution in [1.82, 2.24) is 60.5 Å². The van der Waals surface area contributed by atoms with E-state index in [1.54, 1.807) is 59.5 Å². The standard InChI is InChI=1S/C70H109ClN12O13/c1-41(2)33-51-66(92)82(18)56(36-44(7)8)68(94)80(16)55(37-48-25-21-19-22-26-48)62(88)72-45(9)65(91)81(17)57(38-49-27-29-50(71)30-28-49)69(95)79(15)54(35-43(5)6)64(90)75-60(47(11)84)70(96)76(12)40-59(86)78(14)53(34-42(3)4)63(89)74-52(67(93)83-31-23-20-24-32-83)39-58(85)77(13)46(10)61(87)73-51/h19,21-22,25-30,41-47,51-57,60,84H,20,23-24,31-40H2,1-18H3,(H,72,88)(H,73,87)(H,74,89)(H,75,90)/t45-,46-,47+,51-,52-,53-,54-,55-,56-,57-,60-/m0/s1. The number of nitrogens with zero attached hydrogens (tertiary/aromatic N) is 8. The van der Waals surface area contributed by atoms with Crippen LogP contribution in [0.4, 0.5) is 0 Å². The number of carbonyl (C=O) groups excluding carboxylic acids is 12. The molecule has 2 heterocycles. The van der Waals surface area contributed by atoms with Gasteiger partial charge in [0.25, 0.3) is 0 Å². The Morgan fingerprint density at radius 2 is 0.938 bits per heavy atom. The van der Waals surface area contributed by atoms with Gasteiger partial charge in [-0.15, -0.1) is 0 Å². The summed E-state index contributed by atoms with van der Waals surface area (Å²) in [6, 6.07) is 2.11. The van der Waals surface area contributed by atoms with Crippen LogP contribution in [0, 0.1) is 23.7 Å². The summed E-state index contributed by atoms with van der Waals surface area (Å²) in [7, 11) is 9.67. The molecule has 0 unspecified atom stereocenters. The quantitative estimate of drug-likeness (QED) is 0.181. The summed E-state index contributed by atoms with van der Waals surface area (Å²) in [5.41, 5.74) is 1.23. The second-order valence-corrected chi connectivity index (χ2v) is 28.4. The molecule has 2 aliphatic rings. The van der Waals surface area contributed by atoms with Crippen molar-refractivity contribution >= 4 is 82.5 Å². The van der Waals surface area contributed by atoms with E-state index in [2.05, 4.69) is 21.3 Å². The van der Waals surface area contributed by atoms with E-state index in [1.165, 1.54) is 89.7 Å². The first-order chi connectivity index (χ1) is 44.9. The molecule has 26 heteroatoms. The minimum atomic E-state index is -1.67. The molecule has 2 saturated heterocycles. The third kappa shape index (κ3) is 22.7. The molecule has 0 spiro atoms. The molecule has 0 aromatic heterocycles. The van der Waals surface area contributed by atoms with Crippen LogP contribution in [0.2, 0.25) is 5.02 Å². The van der Waals surface area contributed by atoms with E-state index in [1.807, 2.05) is 55.4 Å². The molecule has 2 aliphatic heterocycles. The Hall–Kier alpha value is -7.67. The number of rotatable bonds is 14. The lowest BCUT2D eigenvalue weighted by Gasteiger charge is -2.38. The molecule has 11 atom stereocenters. The van der Waals surface area contributed by atoms with Gasteiger partial charge >= 0.3 is 0 Å². The molecular formula is C70H109ClN12O13. The minimum Gasteiger partial charge on any atom is -0.391 e. The molecule has 534 valence electrons. The fraction of sp³-hybridized carbons (Fsp3) is 0.657. The van der Waals surface area contributed by atoms with Gasteiger partial charge in [-0.1, -0.05) is 109 Å². The zero-order chi connectivity index (χ0) is 72.3. The van der Waals surface area contributed by atoms with Crippen molar-refractivity contribution in [3.05, 3.63) is 70.7 Å². The van der Waals surface area contributed by atoms with Gasteiger partial charge in [0.05, 0.1) is 19.1 Å². The Balaban J connectivity index is 1.93. The first-order valence-corrected chi connectivity index (χ1v) is 34.1. The largest absolute Gasteiger partial charge is 0.391 e. The second-order valence-electron chi connectivity index (χ2n) is 28.0. The lowest BCUT2D eigenvalue weighted by atomic mass is 9.97. The van der Waals surface area contributed by atoms with Gasteiger partial charge < -0.3 is 65.6 Å². The Kier molecular flexibility index (Phi) is 31.3. The van der Waals surface area contributed by atoms with Gasteiger partial charge in [0.1, 0.15) is 60.4 Å². The Bertz CT molecular complexity index is 3020. The number of hydrogen-bond donors (Lipinski definition) is 5. The number of carbonyl (C=O) groups is 12. The highest BCUT2D eigenvalue weighted by Crippen LogP contribution is 2.24. The van der Waals surface area contributed by atoms with Crippen LogP contribution in [0.1, 0.15) is 139 Å². The Morgan fingerprint density at radius 1 is 0.479 bits per heavy atom. The number of nitrogens with one attached hydrogen (secondary N) is 4. The molecule has 12 amide bonds. The van der Waals surface area contributed by atoms with Crippen molar-refractivity contribution in [2.45, 2.75) is 207 Å². The number of halogens is 1. The van der Waals surface area contributed by atoms with E-state index in [0.717, 1.165) is 21.1 Å². The monoisotopic (exact) mass is 1360 g/mol. The van der Waals surface area contributed by atoms with Crippen LogP contribution in [0.25, 0.3) is 0 Å². The highest BCUT2D eigenvalue weighted by molar-refractivity contribution is 6.30.